The molecule has 3 N–H and O–H groups in total. The second-order valence-electron chi connectivity index (χ2n) is 6.74. The van der Waals surface area contributed by atoms with Crippen LogP contribution in [0.5, 0.6) is 0 Å². The van der Waals surface area contributed by atoms with Crippen molar-refractivity contribution >= 4 is 23.0 Å². The number of nitro benzene ring substituents is 1. The molecule has 0 atom stereocenters. The van der Waals surface area contributed by atoms with Gasteiger partial charge in [0.05, 0.1) is 16.3 Å². The average Bonchev–Trinajstić information content (AvgIpc) is 2.95. The van der Waals surface area contributed by atoms with Gasteiger partial charge in [-0.2, -0.15) is 0 Å². The summed E-state index contributed by atoms with van der Waals surface area (Å²) in [5.41, 5.74) is 7.84. The molecule has 2 aromatic carbocycles. The zero-order valence-corrected chi connectivity index (χ0v) is 15.2. The standard InChI is InChI=1S/C20H24N4O3/c21-20(25)15-9-10-16(19(13-15)24(26)27)14-22-17-7-3-4-8-18(17)23-11-5-1-2-6-12-23/h3-4,7-10,13,22H,1-2,5-6,11-12,14H2,(H2,21,25). The minimum absolute atomic E-state index is 0.106. The smallest absolute Gasteiger partial charge is 0.275 e. The SMILES string of the molecule is NC(=O)c1ccc(CNc2ccccc2N2CCCCCC2)c([N+](=O)[O-])c1. The fraction of sp³-hybridized carbons (Fsp3) is 0.350. The lowest BCUT2D eigenvalue weighted by molar-refractivity contribution is -0.385. The largest absolute Gasteiger partial charge is 0.379 e. The first-order valence-electron chi connectivity index (χ1n) is 9.21. The molecule has 0 aliphatic carbocycles. The number of benzene rings is 2. The molecule has 1 fully saturated rings. The highest BCUT2D eigenvalue weighted by atomic mass is 16.6. The summed E-state index contributed by atoms with van der Waals surface area (Å²) in [6, 6.07) is 12.4. The molecular formula is C20H24N4O3. The first-order chi connectivity index (χ1) is 13.1. The molecule has 0 aromatic heterocycles. The van der Waals surface area contributed by atoms with Gasteiger partial charge in [0, 0.05) is 36.8 Å². The molecule has 2 aromatic rings. The fourth-order valence-corrected chi connectivity index (χ4v) is 3.44. The van der Waals surface area contributed by atoms with E-state index in [1.54, 1.807) is 6.07 Å². The minimum Gasteiger partial charge on any atom is -0.379 e. The van der Waals surface area contributed by atoms with Gasteiger partial charge >= 0.3 is 0 Å². The van der Waals surface area contributed by atoms with E-state index in [1.165, 1.54) is 37.8 Å². The van der Waals surface area contributed by atoms with Crippen molar-refractivity contribution in [2.24, 2.45) is 5.73 Å². The Bertz CT molecular complexity index is 830. The summed E-state index contributed by atoms with van der Waals surface area (Å²) >= 11 is 0. The van der Waals surface area contributed by atoms with E-state index < -0.39 is 10.8 Å². The summed E-state index contributed by atoms with van der Waals surface area (Å²) in [4.78, 5) is 24.6. The molecule has 27 heavy (non-hydrogen) atoms. The zero-order valence-electron chi connectivity index (χ0n) is 15.2. The van der Waals surface area contributed by atoms with E-state index in [1.807, 2.05) is 18.2 Å². The zero-order chi connectivity index (χ0) is 19.2. The van der Waals surface area contributed by atoms with Crippen molar-refractivity contribution in [3.8, 4) is 0 Å². The molecular weight excluding hydrogens is 344 g/mol. The number of carbonyl (C=O) groups excluding carboxylic acids is 1. The van der Waals surface area contributed by atoms with Gasteiger partial charge in [-0.25, -0.2) is 0 Å². The maximum atomic E-state index is 11.4. The van der Waals surface area contributed by atoms with E-state index in [0.717, 1.165) is 24.5 Å². The number of para-hydroxylation sites is 2. The number of rotatable bonds is 6. The number of nitrogens with two attached hydrogens (primary N) is 1. The van der Waals surface area contributed by atoms with E-state index in [9.17, 15) is 14.9 Å². The average molecular weight is 368 g/mol. The molecule has 1 aliphatic heterocycles. The number of nitro groups is 1. The van der Waals surface area contributed by atoms with Gasteiger partial charge in [0.1, 0.15) is 0 Å². The molecule has 7 nitrogen and oxygen atoms in total. The summed E-state index contributed by atoms with van der Waals surface area (Å²) in [7, 11) is 0. The third-order valence-electron chi connectivity index (χ3n) is 4.89. The molecule has 7 heteroatoms. The van der Waals surface area contributed by atoms with Crippen molar-refractivity contribution in [1.82, 2.24) is 0 Å². The van der Waals surface area contributed by atoms with Crippen molar-refractivity contribution in [3.63, 3.8) is 0 Å². The van der Waals surface area contributed by atoms with Gasteiger partial charge < -0.3 is 16.0 Å². The normalized spacial score (nSPS) is 14.4. The number of hydrogen-bond acceptors (Lipinski definition) is 5. The maximum Gasteiger partial charge on any atom is 0.275 e. The molecule has 0 unspecified atom stereocenters. The van der Waals surface area contributed by atoms with Crippen LogP contribution in [-0.2, 0) is 6.54 Å². The van der Waals surface area contributed by atoms with Crippen molar-refractivity contribution in [2.75, 3.05) is 23.3 Å². The number of primary amides is 1. The van der Waals surface area contributed by atoms with Crippen molar-refractivity contribution < 1.29 is 9.72 Å². The number of anilines is 2. The minimum atomic E-state index is -0.677. The first-order valence-corrected chi connectivity index (χ1v) is 9.21. The van der Waals surface area contributed by atoms with Crippen LogP contribution < -0.4 is 16.0 Å². The van der Waals surface area contributed by atoms with Gasteiger partial charge in [0.2, 0.25) is 5.91 Å². The third kappa shape index (κ3) is 4.55. The number of nitrogens with zero attached hydrogens (tertiary/aromatic N) is 2. The lowest BCUT2D eigenvalue weighted by Gasteiger charge is -2.25. The van der Waals surface area contributed by atoms with Gasteiger partial charge in [-0.05, 0) is 37.1 Å². The highest BCUT2D eigenvalue weighted by molar-refractivity contribution is 5.93. The van der Waals surface area contributed by atoms with Crippen LogP contribution in [0.3, 0.4) is 0 Å². The second kappa shape index (κ2) is 8.53. The van der Waals surface area contributed by atoms with E-state index in [2.05, 4.69) is 16.3 Å². The highest BCUT2D eigenvalue weighted by Crippen LogP contribution is 2.29. The Labute approximate surface area is 158 Å². The Morgan fingerprint density at radius 3 is 2.48 bits per heavy atom. The Morgan fingerprint density at radius 1 is 1.11 bits per heavy atom. The molecule has 1 aliphatic rings. The summed E-state index contributed by atoms with van der Waals surface area (Å²) in [5, 5.41) is 14.7. The fourth-order valence-electron chi connectivity index (χ4n) is 3.44. The molecule has 0 spiro atoms. The predicted octanol–water partition coefficient (Wildman–Crippen LogP) is 3.69. The summed E-state index contributed by atoms with van der Waals surface area (Å²) in [5.74, 6) is -0.677. The van der Waals surface area contributed by atoms with Crippen LogP contribution in [0.2, 0.25) is 0 Å². The molecule has 1 amide bonds. The monoisotopic (exact) mass is 368 g/mol. The molecule has 1 heterocycles. The van der Waals surface area contributed by atoms with Crippen LogP contribution >= 0.6 is 0 Å². The maximum absolute atomic E-state index is 11.4. The number of carbonyl (C=O) groups is 1. The van der Waals surface area contributed by atoms with E-state index in [4.69, 9.17) is 5.73 Å². The van der Waals surface area contributed by atoms with E-state index in [0.29, 0.717) is 12.1 Å². The van der Waals surface area contributed by atoms with Gasteiger partial charge in [-0.15, -0.1) is 0 Å². The Morgan fingerprint density at radius 2 is 1.81 bits per heavy atom. The van der Waals surface area contributed by atoms with Gasteiger partial charge in [0.25, 0.3) is 5.69 Å². The molecule has 3 rings (SSSR count). The number of amides is 1. The number of nitrogens with one attached hydrogen (secondary N) is 1. The molecule has 0 bridgehead atoms. The Hall–Kier alpha value is -3.09. The van der Waals surface area contributed by atoms with Gasteiger partial charge in [-0.1, -0.05) is 25.0 Å². The van der Waals surface area contributed by atoms with Crippen LogP contribution in [0.15, 0.2) is 42.5 Å². The van der Waals surface area contributed by atoms with E-state index in [-0.39, 0.29) is 11.3 Å². The van der Waals surface area contributed by atoms with Crippen molar-refractivity contribution in [3.05, 3.63) is 63.7 Å². The summed E-state index contributed by atoms with van der Waals surface area (Å²) in [6.45, 7) is 2.33. The molecule has 1 saturated heterocycles. The van der Waals surface area contributed by atoms with E-state index >= 15 is 0 Å². The Balaban J connectivity index is 1.81. The van der Waals surface area contributed by atoms with Gasteiger partial charge in [-0.3, -0.25) is 14.9 Å². The number of hydrogen-bond donors (Lipinski definition) is 2. The molecule has 142 valence electrons. The van der Waals surface area contributed by atoms with Gasteiger partial charge in [0.15, 0.2) is 0 Å². The molecule has 0 radical (unpaired) electrons. The quantitative estimate of drug-likeness (QED) is 0.598. The van der Waals surface area contributed by atoms with Crippen LogP contribution in [0.4, 0.5) is 17.1 Å². The topological polar surface area (TPSA) is 102 Å². The van der Waals surface area contributed by atoms with Crippen LogP contribution in [-0.4, -0.2) is 23.9 Å². The van der Waals surface area contributed by atoms with Crippen LogP contribution in [0.25, 0.3) is 0 Å². The lowest BCUT2D eigenvalue weighted by Crippen LogP contribution is -2.24. The Kier molecular flexibility index (Phi) is 5.90. The van der Waals surface area contributed by atoms with Crippen LogP contribution in [0, 0.1) is 10.1 Å². The van der Waals surface area contributed by atoms with Crippen molar-refractivity contribution in [2.45, 2.75) is 32.2 Å². The highest BCUT2D eigenvalue weighted by Gasteiger charge is 2.18. The van der Waals surface area contributed by atoms with Crippen LogP contribution in [0.1, 0.15) is 41.6 Å². The first kappa shape index (κ1) is 18.7. The summed E-state index contributed by atoms with van der Waals surface area (Å²) in [6.07, 6.45) is 4.86. The summed E-state index contributed by atoms with van der Waals surface area (Å²) < 4.78 is 0. The van der Waals surface area contributed by atoms with Crippen molar-refractivity contribution in [1.29, 1.82) is 0 Å². The third-order valence-corrected chi connectivity index (χ3v) is 4.89. The lowest BCUT2D eigenvalue weighted by atomic mass is 10.1. The predicted molar refractivity (Wildman–Crippen MR) is 106 cm³/mol. The second-order valence-corrected chi connectivity index (χ2v) is 6.74. The molecule has 0 saturated carbocycles.